The average molecular weight is 325 g/mol. The summed E-state index contributed by atoms with van der Waals surface area (Å²) >= 11 is 0. The van der Waals surface area contributed by atoms with Gasteiger partial charge in [0.15, 0.2) is 0 Å². The Labute approximate surface area is 150 Å². The summed E-state index contributed by atoms with van der Waals surface area (Å²) in [5, 5.41) is 0. The van der Waals surface area contributed by atoms with Crippen molar-refractivity contribution >= 4 is 0 Å². The van der Waals surface area contributed by atoms with Crippen LogP contribution in [-0.2, 0) is 0 Å². The zero-order valence-electron chi connectivity index (χ0n) is 17.2. The molecule has 0 saturated heterocycles. The van der Waals surface area contributed by atoms with Gasteiger partial charge in [0.05, 0.1) is 0 Å². The van der Waals surface area contributed by atoms with E-state index in [9.17, 15) is 0 Å². The average Bonchev–Trinajstić information content (AvgIpc) is 2.37. The Bertz CT molecular complexity index is 572. The molecule has 0 bridgehead atoms. The zero-order valence-corrected chi connectivity index (χ0v) is 17.2. The molecule has 0 spiro atoms. The molecule has 0 radical (unpaired) electrons. The van der Waals surface area contributed by atoms with E-state index >= 15 is 0 Å². The summed E-state index contributed by atoms with van der Waals surface area (Å²) in [6.07, 6.45) is 7.57. The maximum atomic E-state index is 3.48. The Morgan fingerprint density at radius 2 is 0.750 bits per heavy atom. The molecule has 2 fully saturated rings. The summed E-state index contributed by atoms with van der Waals surface area (Å²) in [5.41, 5.74) is 17.0. The van der Waals surface area contributed by atoms with Gasteiger partial charge in [-0.1, -0.05) is 79.7 Å². The van der Waals surface area contributed by atoms with Crippen LogP contribution in [0.15, 0.2) is 34.1 Å². The number of hydrogen-bond acceptors (Lipinski definition) is 0. The predicted octanol–water partition coefficient (Wildman–Crippen LogP) is 7.38. The third kappa shape index (κ3) is 3.91. The van der Waals surface area contributed by atoms with E-state index < -0.39 is 0 Å². The van der Waals surface area contributed by atoms with E-state index in [0.29, 0.717) is 0 Å². The summed E-state index contributed by atoms with van der Waals surface area (Å²) in [7, 11) is 0. The molecule has 0 aromatic heterocycles. The minimum atomic E-state index is 0.215. The summed E-state index contributed by atoms with van der Waals surface area (Å²) < 4.78 is 0. The molecule has 0 heterocycles. The second-order valence-electron chi connectivity index (χ2n) is 10.5. The van der Waals surface area contributed by atoms with E-state index in [2.05, 4.69) is 78.3 Å². The fourth-order valence-electron chi connectivity index (χ4n) is 5.14. The van der Waals surface area contributed by atoms with Gasteiger partial charge in [0.1, 0.15) is 0 Å². The molecule has 0 unspecified atom stereocenters. The molecular formula is C24H36. The molecule has 0 aromatic rings. The van der Waals surface area contributed by atoms with Crippen molar-refractivity contribution < 1.29 is 0 Å². The van der Waals surface area contributed by atoms with Crippen molar-refractivity contribution in [1.29, 1.82) is 0 Å². The highest BCUT2D eigenvalue weighted by Crippen LogP contribution is 2.50. The van der Waals surface area contributed by atoms with Crippen LogP contribution in [0.3, 0.4) is 0 Å². The second-order valence-corrected chi connectivity index (χ2v) is 10.5. The first-order chi connectivity index (χ1) is 10.9. The van der Waals surface area contributed by atoms with Gasteiger partial charge in [0, 0.05) is 0 Å². The first-order valence-corrected chi connectivity index (χ1v) is 9.66. The lowest BCUT2D eigenvalue weighted by atomic mass is 9.61. The lowest BCUT2D eigenvalue weighted by molar-refractivity contribution is 0.216. The lowest BCUT2D eigenvalue weighted by Crippen LogP contribution is -2.31. The monoisotopic (exact) mass is 324 g/mol. The third-order valence-electron chi connectivity index (χ3n) is 6.35. The maximum absolute atomic E-state index is 3.48. The van der Waals surface area contributed by atoms with Crippen LogP contribution in [0, 0.1) is 21.7 Å². The standard InChI is InChI=1S/C24H36/c1-21(2)15-11-16-22(3,4)19(21)13-9-10-14-20-23(5,6)17-12-18-24(20,7)8/h11-12,15-18H2,1-8H3. The molecule has 0 atom stereocenters. The third-order valence-corrected chi connectivity index (χ3v) is 6.35. The molecule has 132 valence electrons. The quantitative estimate of drug-likeness (QED) is 0.408. The van der Waals surface area contributed by atoms with Crippen LogP contribution in [0.4, 0.5) is 0 Å². The van der Waals surface area contributed by atoms with E-state index in [1.165, 1.54) is 49.7 Å². The van der Waals surface area contributed by atoms with Crippen molar-refractivity contribution in [2.45, 2.75) is 93.9 Å². The molecular weight excluding hydrogens is 288 g/mol. The SMILES string of the molecule is CC1(C)CCCC(C)(C)C1=C=C=C=C=C1C(C)(C)CCCC1(C)C. The second kappa shape index (κ2) is 6.30. The fraction of sp³-hybridized carbons (Fsp3) is 0.750. The van der Waals surface area contributed by atoms with Crippen molar-refractivity contribution in [3.63, 3.8) is 0 Å². The van der Waals surface area contributed by atoms with Crippen molar-refractivity contribution in [2.75, 3.05) is 0 Å². The first-order valence-electron chi connectivity index (χ1n) is 9.66. The summed E-state index contributed by atoms with van der Waals surface area (Å²) in [6.45, 7) is 18.7. The highest BCUT2D eigenvalue weighted by molar-refractivity contribution is 5.24. The van der Waals surface area contributed by atoms with Crippen molar-refractivity contribution in [1.82, 2.24) is 0 Å². The molecule has 0 nitrogen and oxygen atoms in total. The van der Waals surface area contributed by atoms with Crippen molar-refractivity contribution in [3.8, 4) is 0 Å². The Hall–Kier alpha value is -1.14. The van der Waals surface area contributed by atoms with Crippen LogP contribution in [0.1, 0.15) is 93.9 Å². The topological polar surface area (TPSA) is 0 Å². The minimum Gasteiger partial charge on any atom is -0.0606 e. The van der Waals surface area contributed by atoms with Crippen LogP contribution in [0.5, 0.6) is 0 Å². The molecule has 0 aromatic carbocycles. The highest BCUT2D eigenvalue weighted by atomic mass is 14.4. The molecule has 2 aliphatic rings. The van der Waals surface area contributed by atoms with Gasteiger partial charge in [-0.3, -0.25) is 0 Å². The van der Waals surface area contributed by atoms with Crippen LogP contribution in [0.2, 0.25) is 0 Å². The normalized spacial score (nSPS) is 26.7. The van der Waals surface area contributed by atoms with E-state index in [0.717, 1.165) is 0 Å². The van der Waals surface area contributed by atoms with Gasteiger partial charge in [-0.05, 0) is 70.0 Å². The van der Waals surface area contributed by atoms with E-state index in [1.54, 1.807) is 0 Å². The largest absolute Gasteiger partial charge is 0.0606 e. The van der Waals surface area contributed by atoms with Gasteiger partial charge in [-0.25, -0.2) is 0 Å². The molecule has 0 amide bonds. The summed E-state index contributed by atoms with van der Waals surface area (Å²) in [4.78, 5) is 0. The molecule has 0 heteroatoms. The van der Waals surface area contributed by atoms with Crippen molar-refractivity contribution in [2.24, 2.45) is 21.7 Å². The van der Waals surface area contributed by atoms with Crippen LogP contribution < -0.4 is 0 Å². The summed E-state index contributed by atoms with van der Waals surface area (Å²) in [5.74, 6) is 0. The molecule has 0 N–H and O–H groups in total. The molecule has 2 aliphatic carbocycles. The minimum absolute atomic E-state index is 0.215. The zero-order chi connectivity index (χ0) is 18.2. The van der Waals surface area contributed by atoms with Gasteiger partial charge in [-0.15, -0.1) is 0 Å². The smallest absolute Gasteiger partial charge is 0.00567 e. The molecule has 2 rings (SSSR count). The molecule has 0 aliphatic heterocycles. The van der Waals surface area contributed by atoms with Crippen molar-refractivity contribution in [3.05, 3.63) is 34.1 Å². The van der Waals surface area contributed by atoms with Gasteiger partial charge in [0.2, 0.25) is 0 Å². The van der Waals surface area contributed by atoms with Gasteiger partial charge in [0.25, 0.3) is 0 Å². The first kappa shape index (κ1) is 19.2. The van der Waals surface area contributed by atoms with Crippen LogP contribution in [-0.4, -0.2) is 0 Å². The number of rotatable bonds is 0. The van der Waals surface area contributed by atoms with E-state index in [-0.39, 0.29) is 21.7 Å². The van der Waals surface area contributed by atoms with Gasteiger partial charge in [-0.2, -0.15) is 0 Å². The van der Waals surface area contributed by atoms with Crippen LogP contribution in [0.25, 0.3) is 0 Å². The molecule has 24 heavy (non-hydrogen) atoms. The maximum Gasteiger partial charge on any atom is -0.00567 e. The number of allylic oxidation sites excluding steroid dienone is 2. The van der Waals surface area contributed by atoms with Crippen LogP contribution >= 0.6 is 0 Å². The fourth-order valence-corrected chi connectivity index (χ4v) is 5.14. The predicted molar refractivity (Wildman–Crippen MR) is 104 cm³/mol. The Balaban J connectivity index is 2.61. The van der Waals surface area contributed by atoms with E-state index in [1.807, 2.05) is 0 Å². The van der Waals surface area contributed by atoms with Gasteiger partial charge < -0.3 is 0 Å². The Morgan fingerprint density at radius 3 is 1.00 bits per heavy atom. The molecule has 2 saturated carbocycles. The highest BCUT2D eigenvalue weighted by Gasteiger charge is 2.39. The van der Waals surface area contributed by atoms with Gasteiger partial charge >= 0.3 is 0 Å². The summed E-state index contributed by atoms with van der Waals surface area (Å²) in [6, 6.07) is 0. The Kier molecular flexibility index (Phi) is 5.04. The Morgan fingerprint density at radius 1 is 0.500 bits per heavy atom. The number of hydrogen-bond donors (Lipinski definition) is 0. The lowest BCUT2D eigenvalue weighted by Gasteiger charge is -2.42. The van der Waals surface area contributed by atoms with E-state index in [4.69, 9.17) is 0 Å².